The average Bonchev–Trinajstić information content (AvgIpc) is 3.06. The van der Waals surface area contributed by atoms with Gasteiger partial charge in [-0.3, -0.25) is 4.79 Å². The number of hydrogen-bond donors (Lipinski definition) is 1. The molecule has 4 rings (SSSR count). The number of aryl methyl sites for hydroxylation is 1. The predicted molar refractivity (Wildman–Crippen MR) is 93.9 cm³/mol. The van der Waals surface area contributed by atoms with Crippen LogP contribution in [0.1, 0.15) is 30.2 Å². The minimum Gasteiger partial charge on any atom is -0.317 e. The van der Waals surface area contributed by atoms with Crippen molar-refractivity contribution < 1.29 is 4.79 Å². The average molecular weight is 328 g/mol. The number of carbonyl (C=O) groups is 1. The molecule has 112 valence electrons. The Labute approximate surface area is 137 Å². The van der Waals surface area contributed by atoms with Crippen molar-refractivity contribution in [2.45, 2.75) is 32.6 Å². The maximum absolute atomic E-state index is 11.6. The van der Waals surface area contributed by atoms with Crippen molar-refractivity contribution in [1.29, 1.82) is 0 Å². The maximum atomic E-state index is 11.6. The van der Waals surface area contributed by atoms with Crippen LogP contribution in [0.15, 0.2) is 24.3 Å². The lowest BCUT2D eigenvalue weighted by molar-refractivity contribution is -0.114. The Morgan fingerprint density at radius 1 is 1.18 bits per heavy atom. The van der Waals surface area contributed by atoms with Gasteiger partial charge in [0.25, 0.3) is 0 Å². The summed E-state index contributed by atoms with van der Waals surface area (Å²) in [6.07, 6.45) is 4.68. The summed E-state index contributed by atoms with van der Waals surface area (Å²) in [7, 11) is 0. The molecule has 1 aliphatic carbocycles. The quantitative estimate of drug-likeness (QED) is 0.730. The SMILES string of the molecule is CC(=O)Nc1sc2c(c1-c1nc3ccccc3s1)CCCC2. The highest BCUT2D eigenvalue weighted by molar-refractivity contribution is 7.22. The lowest BCUT2D eigenvalue weighted by atomic mass is 9.96. The van der Waals surface area contributed by atoms with Gasteiger partial charge in [0.05, 0.1) is 10.2 Å². The number of nitrogens with zero attached hydrogens (tertiary/aromatic N) is 1. The molecule has 2 heterocycles. The van der Waals surface area contributed by atoms with Gasteiger partial charge in [0.1, 0.15) is 10.0 Å². The number of anilines is 1. The minimum atomic E-state index is -0.0130. The van der Waals surface area contributed by atoms with Crippen LogP contribution >= 0.6 is 22.7 Å². The first-order valence-corrected chi connectivity index (χ1v) is 9.14. The van der Waals surface area contributed by atoms with Crippen LogP contribution in [0.2, 0.25) is 0 Å². The Hall–Kier alpha value is -1.72. The largest absolute Gasteiger partial charge is 0.317 e. The van der Waals surface area contributed by atoms with E-state index in [2.05, 4.69) is 11.4 Å². The lowest BCUT2D eigenvalue weighted by Crippen LogP contribution is -2.05. The van der Waals surface area contributed by atoms with Crippen molar-refractivity contribution in [2.75, 3.05) is 5.32 Å². The number of amides is 1. The summed E-state index contributed by atoms with van der Waals surface area (Å²) >= 11 is 3.44. The first-order valence-electron chi connectivity index (χ1n) is 7.50. The summed E-state index contributed by atoms with van der Waals surface area (Å²) in [5.41, 5.74) is 3.60. The Kier molecular flexibility index (Phi) is 3.47. The van der Waals surface area contributed by atoms with Crippen molar-refractivity contribution >= 4 is 43.8 Å². The van der Waals surface area contributed by atoms with Gasteiger partial charge in [0, 0.05) is 17.4 Å². The molecule has 0 saturated heterocycles. The molecule has 22 heavy (non-hydrogen) atoms. The molecule has 1 N–H and O–H groups in total. The van der Waals surface area contributed by atoms with Crippen molar-refractivity contribution in [1.82, 2.24) is 4.98 Å². The van der Waals surface area contributed by atoms with Crippen molar-refractivity contribution in [3.8, 4) is 10.6 Å². The fourth-order valence-electron chi connectivity index (χ4n) is 3.02. The van der Waals surface area contributed by atoms with Gasteiger partial charge in [-0.2, -0.15) is 0 Å². The molecule has 1 aromatic carbocycles. The van der Waals surface area contributed by atoms with Gasteiger partial charge in [0.2, 0.25) is 5.91 Å². The highest BCUT2D eigenvalue weighted by Crippen LogP contribution is 2.46. The molecule has 0 atom stereocenters. The van der Waals surface area contributed by atoms with Crippen molar-refractivity contribution in [3.05, 3.63) is 34.7 Å². The summed E-state index contributed by atoms with van der Waals surface area (Å²) in [5, 5.41) is 5.02. The smallest absolute Gasteiger partial charge is 0.221 e. The highest BCUT2D eigenvalue weighted by Gasteiger charge is 2.24. The van der Waals surface area contributed by atoms with E-state index < -0.39 is 0 Å². The number of aromatic nitrogens is 1. The first kappa shape index (κ1) is 13.9. The first-order chi connectivity index (χ1) is 10.7. The second kappa shape index (κ2) is 5.48. The standard InChI is InChI=1S/C17H16N2OS2/c1-10(20)18-16-15(11-6-2-4-8-13(11)21-16)17-19-12-7-3-5-9-14(12)22-17/h3,5,7,9H,2,4,6,8H2,1H3,(H,18,20). The van der Waals surface area contributed by atoms with Gasteiger partial charge in [0.15, 0.2) is 0 Å². The number of fused-ring (bicyclic) bond motifs is 2. The zero-order valence-corrected chi connectivity index (χ0v) is 13.9. The third-order valence-corrected chi connectivity index (χ3v) is 6.23. The van der Waals surface area contributed by atoms with Gasteiger partial charge in [-0.1, -0.05) is 12.1 Å². The summed E-state index contributed by atoms with van der Waals surface area (Å²) in [5.74, 6) is -0.0130. The highest BCUT2D eigenvalue weighted by atomic mass is 32.1. The monoisotopic (exact) mass is 328 g/mol. The van der Waals surface area contributed by atoms with E-state index in [0.717, 1.165) is 33.9 Å². The molecule has 3 aromatic rings. The molecular weight excluding hydrogens is 312 g/mol. The molecule has 0 unspecified atom stereocenters. The number of rotatable bonds is 2. The van der Waals surface area contributed by atoms with Gasteiger partial charge in [-0.25, -0.2) is 4.98 Å². The van der Waals surface area contributed by atoms with Crippen LogP contribution in [-0.4, -0.2) is 10.9 Å². The van der Waals surface area contributed by atoms with Crippen LogP contribution in [0.25, 0.3) is 20.8 Å². The molecule has 0 aliphatic heterocycles. The van der Waals surface area contributed by atoms with E-state index in [1.165, 1.54) is 28.0 Å². The third kappa shape index (κ3) is 2.34. The normalized spacial score (nSPS) is 14.0. The summed E-state index contributed by atoms with van der Waals surface area (Å²) in [6.45, 7) is 1.57. The summed E-state index contributed by atoms with van der Waals surface area (Å²) in [6, 6.07) is 8.21. The molecule has 0 spiro atoms. The van der Waals surface area contributed by atoms with Crippen LogP contribution < -0.4 is 5.32 Å². The van der Waals surface area contributed by atoms with E-state index in [0.29, 0.717) is 0 Å². The Morgan fingerprint density at radius 2 is 2.00 bits per heavy atom. The molecule has 1 amide bonds. The van der Waals surface area contributed by atoms with E-state index >= 15 is 0 Å². The fourth-order valence-corrected chi connectivity index (χ4v) is 5.47. The van der Waals surface area contributed by atoms with Crippen molar-refractivity contribution in [3.63, 3.8) is 0 Å². The molecule has 1 aliphatic rings. The zero-order chi connectivity index (χ0) is 15.1. The number of thiazole rings is 1. The number of thiophene rings is 1. The fraction of sp³-hybridized carbons (Fsp3) is 0.294. The second-order valence-electron chi connectivity index (χ2n) is 5.58. The molecule has 0 radical (unpaired) electrons. The van der Waals surface area contributed by atoms with Crippen LogP contribution in [0.3, 0.4) is 0 Å². The molecular formula is C17H16N2OS2. The van der Waals surface area contributed by atoms with Gasteiger partial charge in [-0.05, 0) is 43.4 Å². The zero-order valence-electron chi connectivity index (χ0n) is 12.3. The van der Waals surface area contributed by atoms with E-state index in [1.807, 2.05) is 18.2 Å². The van der Waals surface area contributed by atoms with E-state index in [9.17, 15) is 4.79 Å². The Morgan fingerprint density at radius 3 is 2.82 bits per heavy atom. The van der Waals surface area contributed by atoms with Crippen LogP contribution in [-0.2, 0) is 17.6 Å². The predicted octanol–water partition coefficient (Wildman–Crippen LogP) is 4.86. The second-order valence-corrected chi connectivity index (χ2v) is 7.72. The van der Waals surface area contributed by atoms with Gasteiger partial charge < -0.3 is 5.32 Å². The number of carbonyl (C=O) groups excluding carboxylic acids is 1. The lowest BCUT2D eigenvalue weighted by Gasteiger charge is -2.11. The van der Waals surface area contributed by atoms with Crippen LogP contribution in [0, 0.1) is 0 Å². The Balaban J connectivity index is 1.91. The molecule has 5 heteroatoms. The number of nitrogens with one attached hydrogen (secondary N) is 1. The van der Waals surface area contributed by atoms with Crippen LogP contribution in [0.4, 0.5) is 5.00 Å². The summed E-state index contributed by atoms with van der Waals surface area (Å²) < 4.78 is 1.20. The van der Waals surface area contributed by atoms with E-state index in [-0.39, 0.29) is 5.91 Å². The van der Waals surface area contributed by atoms with Crippen molar-refractivity contribution in [2.24, 2.45) is 0 Å². The molecule has 3 nitrogen and oxygen atoms in total. The Bertz CT molecular complexity index is 830. The number of benzene rings is 1. The topological polar surface area (TPSA) is 42.0 Å². The minimum absolute atomic E-state index is 0.0130. The number of hydrogen-bond acceptors (Lipinski definition) is 4. The maximum Gasteiger partial charge on any atom is 0.221 e. The molecule has 0 saturated carbocycles. The summed E-state index contributed by atoms with van der Waals surface area (Å²) in [4.78, 5) is 17.8. The van der Waals surface area contributed by atoms with Gasteiger partial charge in [-0.15, -0.1) is 22.7 Å². The van der Waals surface area contributed by atoms with Crippen LogP contribution in [0.5, 0.6) is 0 Å². The molecule has 0 bridgehead atoms. The van der Waals surface area contributed by atoms with E-state index in [1.54, 1.807) is 29.6 Å². The van der Waals surface area contributed by atoms with Gasteiger partial charge >= 0.3 is 0 Å². The van der Waals surface area contributed by atoms with E-state index in [4.69, 9.17) is 4.98 Å². The molecule has 0 fully saturated rings. The number of para-hydroxylation sites is 1. The molecule has 2 aromatic heterocycles. The third-order valence-electron chi connectivity index (χ3n) is 3.97.